The number of rotatable bonds is 4. The number of nitrogens with two attached hydrogens (primary N) is 1. The zero-order valence-electron chi connectivity index (χ0n) is 12.6. The number of aryl methyl sites for hydroxylation is 3. The smallest absolute Gasteiger partial charge is 0.346 e. The van der Waals surface area contributed by atoms with Gasteiger partial charge in [-0.3, -0.25) is 4.79 Å². The lowest BCUT2D eigenvalue weighted by Gasteiger charge is -2.11. The van der Waals surface area contributed by atoms with E-state index in [2.05, 4.69) is 15.0 Å². The first-order valence-corrected chi connectivity index (χ1v) is 6.65. The molecule has 0 atom stereocenters. The summed E-state index contributed by atoms with van der Waals surface area (Å²) in [5.41, 5.74) is 8.41. The number of aromatic nitrogens is 1. The van der Waals surface area contributed by atoms with Crippen LogP contribution in [0.3, 0.4) is 0 Å². The summed E-state index contributed by atoms with van der Waals surface area (Å²) in [6, 6.07) is 5.67. The summed E-state index contributed by atoms with van der Waals surface area (Å²) < 4.78 is 9.61. The Balaban J connectivity index is 1.98. The second-order valence-electron chi connectivity index (χ2n) is 4.90. The summed E-state index contributed by atoms with van der Waals surface area (Å²) in [4.78, 5) is 23.8. The monoisotopic (exact) mass is 303 g/mol. The predicted molar refractivity (Wildman–Crippen MR) is 80.5 cm³/mol. The third-order valence-corrected chi connectivity index (χ3v) is 3.17. The number of carbonyl (C=O) groups is 2. The van der Waals surface area contributed by atoms with Crippen molar-refractivity contribution in [3.05, 3.63) is 40.6 Å². The zero-order valence-corrected chi connectivity index (χ0v) is 12.6. The fraction of sp³-hybridized carbons (Fsp3) is 0.267. The van der Waals surface area contributed by atoms with Crippen molar-refractivity contribution < 1.29 is 18.8 Å². The van der Waals surface area contributed by atoms with Crippen LogP contribution in [0.25, 0.3) is 0 Å². The quantitative estimate of drug-likeness (QED) is 0.836. The van der Waals surface area contributed by atoms with Crippen LogP contribution in [-0.4, -0.2) is 23.6 Å². The lowest BCUT2D eigenvalue weighted by Crippen LogP contribution is -2.22. The standard InChI is InChI=1S/C15H17N3O4/c1-8-5-4-6-9(2)13(8)17-11(19)7-21-15(20)12-10(3)18-22-14(12)16/h4-6H,7,16H2,1-3H3,(H,17,19). The molecule has 0 bridgehead atoms. The number of carbonyl (C=O) groups excluding carboxylic acids is 2. The maximum absolute atomic E-state index is 11.9. The average Bonchev–Trinajstić information content (AvgIpc) is 2.80. The van der Waals surface area contributed by atoms with Gasteiger partial charge in [-0.1, -0.05) is 23.4 Å². The van der Waals surface area contributed by atoms with Crippen LogP contribution in [-0.2, 0) is 9.53 Å². The Hall–Kier alpha value is -2.83. The largest absolute Gasteiger partial charge is 0.452 e. The van der Waals surface area contributed by atoms with Crippen LogP contribution in [0.2, 0.25) is 0 Å². The summed E-state index contributed by atoms with van der Waals surface area (Å²) in [5, 5.41) is 6.28. The van der Waals surface area contributed by atoms with Crippen molar-refractivity contribution in [3.8, 4) is 0 Å². The minimum atomic E-state index is -0.743. The van der Waals surface area contributed by atoms with E-state index in [4.69, 9.17) is 10.5 Å². The third kappa shape index (κ3) is 3.25. The van der Waals surface area contributed by atoms with E-state index in [0.717, 1.165) is 11.1 Å². The van der Waals surface area contributed by atoms with Gasteiger partial charge in [-0.25, -0.2) is 4.79 Å². The molecule has 7 nitrogen and oxygen atoms in total. The van der Waals surface area contributed by atoms with Gasteiger partial charge in [0.1, 0.15) is 5.56 Å². The number of nitrogen functional groups attached to an aromatic ring is 1. The molecule has 0 radical (unpaired) electrons. The van der Waals surface area contributed by atoms with Crippen LogP contribution in [0.1, 0.15) is 27.2 Å². The maximum atomic E-state index is 11.9. The van der Waals surface area contributed by atoms with Crippen LogP contribution in [0.5, 0.6) is 0 Å². The molecule has 2 rings (SSSR count). The van der Waals surface area contributed by atoms with Gasteiger partial charge < -0.3 is 20.3 Å². The minimum Gasteiger partial charge on any atom is -0.452 e. The first kappa shape index (κ1) is 15.6. The van der Waals surface area contributed by atoms with Crippen LogP contribution < -0.4 is 11.1 Å². The first-order valence-electron chi connectivity index (χ1n) is 6.65. The zero-order chi connectivity index (χ0) is 16.3. The first-order chi connectivity index (χ1) is 10.4. The van der Waals surface area contributed by atoms with E-state index in [-0.39, 0.29) is 11.4 Å². The van der Waals surface area contributed by atoms with E-state index in [1.165, 1.54) is 0 Å². The second-order valence-corrected chi connectivity index (χ2v) is 4.90. The number of esters is 1. The molecule has 2 aromatic rings. The lowest BCUT2D eigenvalue weighted by molar-refractivity contribution is -0.119. The molecular formula is C15H17N3O4. The highest BCUT2D eigenvalue weighted by atomic mass is 16.5. The van der Waals surface area contributed by atoms with Gasteiger partial charge in [-0.2, -0.15) is 0 Å². The van der Waals surface area contributed by atoms with Crippen LogP contribution in [0.4, 0.5) is 11.6 Å². The molecule has 0 saturated carbocycles. The van der Waals surface area contributed by atoms with Crippen LogP contribution in [0, 0.1) is 20.8 Å². The number of para-hydroxylation sites is 1. The molecule has 1 aromatic carbocycles. The number of nitrogens with one attached hydrogen (secondary N) is 1. The summed E-state index contributed by atoms with van der Waals surface area (Å²) in [5.74, 6) is -1.30. The number of hydrogen-bond acceptors (Lipinski definition) is 6. The molecule has 22 heavy (non-hydrogen) atoms. The van der Waals surface area contributed by atoms with E-state index in [1.807, 2.05) is 32.0 Å². The second kappa shape index (κ2) is 6.30. The minimum absolute atomic E-state index is 0.0415. The number of hydrogen-bond donors (Lipinski definition) is 2. The van der Waals surface area contributed by atoms with Crippen LogP contribution in [0.15, 0.2) is 22.7 Å². The van der Waals surface area contributed by atoms with Crippen molar-refractivity contribution in [2.75, 3.05) is 17.7 Å². The van der Waals surface area contributed by atoms with Gasteiger partial charge in [-0.15, -0.1) is 0 Å². The van der Waals surface area contributed by atoms with E-state index in [0.29, 0.717) is 11.4 Å². The molecule has 1 heterocycles. The van der Waals surface area contributed by atoms with E-state index >= 15 is 0 Å². The molecule has 0 saturated heterocycles. The van der Waals surface area contributed by atoms with Crippen molar-refractivity contribution in [2.45, 2.75) is 20.8 Å². The molecule has 1 amide bonds. The molecule has 0 fully saturated rings. The number of anilines is 2. The fourth-order valence-corrected chi connectivity index (χ4v) is 2.03. The van der Waals surface area contributed by atoms with Gasteiger partial charge in [0, 0.05) is 5.69 Å². The van der Waals surface area contributed by atoms with Crippen molar-refractivity contribution in [3.63, 3.8) is 0 Å². The van der Waals surface area contributed by atoms with Crippen molar-refractivity contribution in [2.24, 2.45) is 0 Å². The molecule has 1 aromatic heterocycles. The van der Waals surface area contributed by atoms with E-state index in [1.54, 1.807) is 6.92 Å². The highest BCUT2D eigenvalue weighted by Gasteiger charge is 2.21. The number of amides is 1. The molecule has 0 aliphatic carbocycles. The van der Waals surface area contributed by atoms with Crippen LogP contribution >= 0.6 is 0 Å². The SMILES string of the molecule is Cc1cccc(C)c1NC(=O)COC(=O)c1c(C)noc1N. The Kier molecular flexibility index (Phi) is 4.45. The van der Waals surface area contributed by atoms with Gasteiger partial charge in [0.15, 0.2) is 6.61 Å². The van der Waals surface area contributed by atoms with Crippen molar-refractivity contribution in [1.82, 2.24) is 5.16 Å². The Morgan fingerprint density at radius 1 is 1.27 bits per heavy atom. The topological polar surface area (TPSA) is 107 Å². The predicted octanol–water partition coefficient (Wildman–Crippen LogP) is 1.98. The molecule has 0 unspecified atom stereocenters. The number of nitrogens with zero attached hydrogens (tertiary/aromatic N) is 1. The lowest BCUT2D eigenvalue weighted by atomic mass is 10.1. The average molecular weight is 303 g/mol. The van der Waals surface area contributed by atoms with Crippen molar-refractivity contribution in [1.29, 1.82) is 0 Å². The highest BCUT2D eigenvalue weighted by Crippen LogP contribution is 2.19. The summed E-state index contributed by atoms with van der Waals surface area (Å²) >= 11 is 0. The normalized spacial score (nSPS) is 10.3. The summed E-state index contributed by atoms with van der Waals surface area (Å²) in [6.07, 6.45) is 0. The van der Waals surface area contributed by atoms with Gasteiger partial charge in [0.2, 0.25) is 5.88 Å². The molecule has 7 heteroatoms. The van der Waals surface area contributed by atoms with E-state index in [9.17, 15) is 9.59 Å². The maximum Gasteiger partial charge on any atom is 0.346 e. The Morgan fingerprint density at radius 2 is 1.91 bits per heavy atom. The third-order valence-electron chi connectivity index (χ3n) is 3.17. The molecule has 116 valence electrons. The molecule has 3 N–H and O–H groups in total. The van der Waals surface area contributed by atoms with Crippen molar-refractivity contribution >= 4 is 23.4 Å². The summed E-state index contributed by atoms with van der Waals surface area (Å²) in [6.45, 7) is 4.91. The van der Waals surface area contributed by atoms with Gasteiger partial charge in [0.05, 0.1) is 5.69 Å². The van der Waals surface area contributed by atoms with E-state index < -0.39 is 18.5 Å². The molecule has 0 spiro atoms. The Bertz CT molecular complexity index is 682. The Morgan fingerprint density at radius 3 is 2.45 bits per heavy atom. The van der Waals surface area contributed by atoms with Gasteiger partial charge in [-0.05, 0) is 31.9 Å². The van der Waals surface area contributed by atoms with Gasteiger partial charge >= 0.3 is 5.97 Å². The Labute approximate surface area is 127 Å². The molecular weight excluding hydrogens is 286 g/mol. The molecule has 0 aliphatic heterocycles. The molecule has 0 aliphatic rings. The highest BCUT2D eigenvalue weighted by molar-refractivity contribution is 5.98. The number of benzene rings is 1. The number of ether oxygens (including phenoxy) is 1. The van der Waals surface area contributed by atoms with Gasteiger partial charge in [0.25, 0.3) is 5.91 Å². The fourth-order valence-electron chi connectivity index (χ4n) is 2.03. The summed E-state index contributed by atoms with van der Waals surface area (Å²) in [7, 11) is 0.